The molecule has 2 aromatic rings. The first-order valence-electron chi connectivity index (χ1n) is 6.82. The number of nitrogens with one attached hydrogen (secondary N) is 1. The van der Waals surface area contributed by atoms with Gasteiger partial charge in [-0.15, -0.1) is 0 Å². The molecule has 1 heterocycles. The molecule has 0 aliphatic carbocycles. The maximum Gasteiger partial charge on any atom is 0.224 e. The third-order valence-electron chi connectivity index (χ3n) is 3.11. The Morgan fingerprint density at radius 2 is 2.00 bits per heavy atom. The van der Waals surface area contributed by atoms with E-state index in [9.17, 15) is 8.78 Å². The maximum atomic E-state index is 13.7. The van der Waals surface area contributed by atoms with E-state index >= 15 is 0 Å². The molecular formula is C16H18F2N2O. The van der Waals surface area contributed by atoms with Crippen molar-refractivity contribution in [3.05, 3.63) is 52.7 Å². The Morgan fingerprint density at radius 1 is 1.24 bits per heavy atom. The Morgan fingerprint density at radius 3 is 2.71 bits per heavy atom. The Labute approximate surface area is 123 Å². The summed E-state index contributed by atoms with van der Waals surface area (Å²) in [6.45, 7) is 7.11. The van der Waals surface area contributed by atoms with Gasteiger partial charge in [0.1, 0.15) is 0 Å². The first-order chi connectivity index (χ1) is 10.0. The second kappa shape index (κ2) is 6.63. The molecule has 1 aromatic carbocycles. The van der Waals surface area contributed by atoms with Gasteiger partial charge in [0.25, 0.3) is 0 Å². The first kappa shape index (κ1) is 15.4. The van der Waals surface area contributed by atoms with Crippen LogP contribution in [0.5, 0.6) is 11.6 Å². The average molecular weight is 292 g/mol. The largest absolute Gasteiger partial charge is 0.435 e. The molecule has 0 unspecified atom stereocenters. The van der Waals surface area contributed by atoms with Gasteiger partial charge in [-0.1, -0.05) is 13.0 Å². The quantitative estimate of drug-likeness (QED) is 0.908. The zero-order chi connectivity index (χ0) is 15.4. The van der Waals surface area contributed by atoms with Gasteiger partial charge < -0.3 is 10.1 Å². The van der Waals surface area contributed by atoms with E-state index in [0.717, 1.165) is 29.4 Å². The number of benzene rings is 1. The van der Waals surface area contributed by atoms with Gasteiger partial charge in [0.15, 0.2) is 11.6 Å². The van der Waals surface area contributed by atoms with Crippen molar-refractivity contribution in [2.45, 2.75) is 27.3 Å². The Kier molecular flexibility index (Phi) is 4.85. The van der Waals surface area contributed by atoms with Gasteiger partial charge in [-0.2, -0.15) is 4.39 Å². The molecule has 2 rings (SSSR count). The van der Waals surface area contributed by atoms with Gasteiger partial charge >= 0.3 is 0 Å². The number of nitrogens with zero attached hydrogens (tertiary/aromatic N) is 1. The number of pyridine rings is 1. The maximum absolute atomic E-state index is 13.7. The molecule has 0 aliphatic heterocycles. The number of aromatic nitrogens is 1. The number of hydrogen-bond acceptors (Lipinski definition) is 3. The van der Waals surface area contributed by atoms with Crippen LogP contribution in [0.1, 0.15) is 23.7 Å². The smallest absolute Gasteiger partial charge is 0.224 e. The molecular weight excluding hydrogens is 274 g/mol. The predicted molar refractivity (Wildman–Crippen MR) is 77.5 cm³/mol. The Balaban J connectivity index is 2.40. The molecule has 5 heteroatoms. The summed E-state index contributed by atoms with van der Waals surface area (Å²) in [4.78, 5) is 4.30. The molecule has 0 amide bonds. The number of aryl methyl sites for hydroxylation is 2. The molecule has 112 valence electrons. The molecule has 0 fully saturated rings. The van der Waals surface area contributed by atoms with E-state index < -0.39 is 11.6 Å². The van der Waals surface area contributed by atoms with Crippen LogP contribution in [0.15, 0.2) is 24.3 Å². The lowest BCUT2D eigenvalue weighted by Gasteiger charge is -2.14. The van der Waals surface area contributed by atoms with Gasteiger partial charge in [0.2, 0.25) is 11.7 Å². The molecule has 0 radical (unpaired) electrons. The molecule has 0 aliphatic rings. The van der Waals surface area contributed by atoms with Crippen LogP contribution >= 0.6 is 0 Å². The second-order valence-corrected chi connectivity index (χ2v) is 4.80. The highest BCUT2D eigenvalue weighted by Crippen LogP contribution is 2.29. The predicted octanol–water partition coefficient (Wildman–Crippen LogP) is 3.88. The Hall–Kier alpha value is -2.01. The average Bonchev–Trinajstić information content (AvgIpc) is 2.43. The minimum atomic E-state index is -1.01. The van der Waals surface area contributed by atoms with Crippen LogP contribution in [0, 0.1) is 25.5 Å². The van der Waals surface area contributed by atoms with Crippen LogP contribution in [-0.2, 0) is 6.54 Å². The van der Waals surface area contributed by atoms with E-state index in [4.69, 9.17) is 4.74 Å². The van der Waals surface area contributed by atoms with Gasteiger partial charge in [-0.05, 0) is 44.2 Å². The lowest BCUT2D eigenvalue weighted by molar-refractivity contribution is 0.399. The van der Waals surface area contributed by atoms with Crippen LogP contribution in [-0.4, -0.2) is 11.5 Å². The molecule has 0 atom stereocenters. The fraction of sp³-hybridized carbons (Fsp3) is 0.312. The van der Waals surface area contributed by atoms with Crippen molar-refractivity contribution in [2.24, 2.45) is 0 Å². The summed E-state index contributed by atoms with van der Waals surface area (Å²) in [5, 5.41) is 3.19. The van der Waals surface area contributed by atoms with Crippen molar-refractivity contribution >= 4 is 0 Å². The molecule has 1 N–H and O–H groups in total. The van der Waals surface area contributed by atoms with Gasteiger partial charge in [-0.3, -0.25) is 0 Å². The standard InChI is InChI=1S/C16H18F2N2O/c1-4-19-9-12-10(2)8-11(3)20-16(12)21-14-7-5-6-13(17)15(14)18/h5-8,19H,4,9H2,1-3H3. The highest BCUT2D eigenvalue weighted by molar-refractivity contribution is 5.39. The van der Waals surface area contributed by atoms with Crippen molar-refractivity contribution in [3.8, 4) is 11.6 Å². The second-order valence-electron chi connectivity index (χ2n) is 4.80. The fourth-order valence-electron chi connectivity index (χ4n) is 2.05. The van der Waals surface area contributed by atoms with Crippen molar-refractivity contribution in [2.75, 3.05) is 6.54 Å². The van der Waals surface area contributed by atoms with Crippen molar-refractivity contribution in [1.82, 2.24) is 10.3 Å². The van der Waals surface area contributed by atoms with Crippen molar-refractivity contribution < 1.29 is 13.5 Å². The van der Waals surface area contributed by atoms with Crippen molar-refractivity contribution in [1.29, 1.82) is 0 Å². The van der Waals surface area contributed by atoms with E-state index in [1.165, 1.54) is 12.1 Å². The molecule has 0 bridgehead atoms. The summed E-state index contributed by atoms with van der Waals surface area (Å²) in [6.07, 6.45) is 0. The zero-order valence-electron chi connectivity index (χ0n) is 12.3. The van der Waals surface area contributed by atoms with E-state index in [-0.39, 0.29) is 5.75 Å². The van der Waals surface area contributed by atoms with Crippen LogP contribution in [0.4, 0.5) is 8.78 Å². The summed E-state index contributed by atoms with van der Waals surface area (Å²) >= 11 is 0. The highest BCUT2D eigenvalue weighted by atomic mass is 19.2. The lowest BCUT2D eigenvalue weighted by Crippen LogP contribution is -2.14. The van der Waals surface area contributed by atoms with E-state index in [1.54, 1.807) is 0 Å². The number of hydrogen-bond donors (Lipinski definition) is 1. The molecule has 21 heavy (non-hydrogen) atoms. The van der Waals surface area contributed by atoms with E-state index in [2.05, 4.69) is 10.3 Å². The number of halogens is 2. The SMILES string of the molecule is CCNCc1c(C)cc(C)nc1Oc1cccc(F)c1F. The Bertz CT molecular complexity index is 644. The van der Waals surface area contributed by atoms with Gasteiger partial charge in [0, 0.05) is 17.8 Å². The summed E-state index contributed by atoms with van der Waals surface area (Å²) < 4.78 is 32.5. The minimum Gasteiger partial charge on any atom is -0.435 e. The van der Waals surface area contributed by atoms with Gasteiger partial charge in [0.05, 0.1) is 0 Å². The van der Waals surface area contributed by atoms with Gasteiger partial charge in [-0.25, -0.2) is 9.37 Å². The first-order valence-corrected chi connectivity index (χ1v) is 6.82. The summed E-state index contributed by atoms with van der Waals surface area (Å²) in [5.74, 6) is -1.80. The highest BCUT2D eigenvalue weighted by Gasteiger charge is 2.15. The molecule has 0 saturated heterocycles. The fourth-order valence-corrected chi connectivity index (χ4v) is 2.05. The van der Waals surface area contributed by atoms with Crippen LogP contribution < -0.4 is 10.1 Å². The molecule has 1 aromatic heterocycles. The van der Waals surface area contributed by atoms with Crippen LogP contribution in [0.25, 0.3) is 0 Å². The normalized spacial score (nSPS) is 10.7. The topological polar surface area (TPSA) is 34.2 Å². The monoisotopic (exact) mass is 292 g/mol. The van der Waals surface area contributed by atoms with E-state index in [1.807, 2.05) is 26.8 Å². The van der Waals surface area contributed by atoms with E-state index in [0.29, 0.717) is 12.4 Å². The summed E-state index contributed by atoms with van der Waals surface area (Å²) in [7, 11) is 0. The molecule has 0 spiro atoms. The number of rotatable bonds is 5. The molecule has 0 saturated carbocycles. The third kappa shape index (κ3) is 3.55. The van der Waals surface area contributed by atoms with Crippen molar-refractivity contribution in [3.63, 3.8) is 0 Å². The summed E-state index contributed by atoms with van der Waals surface area (Å²) in [5.41, 5.74) is 2.60. The lowest BCUT2D eigenvalue weighted by atomic mass is 10.1. The number of ether oxygens (including phenoxy) is 1. The minimum absolute atomic E-state index is 0.162. The zero-order valence-corrected chi connectivity index (χ0v) is 12.3. The summed E-state index contributed by atoms with van der Waals surface area (Å²) in [6, 6.07) is 5.77. The molecule has 3 nitrogen and oxygen atoms in total. The third-order valence-corrected chi connectivity index (χ3v) is 3.11. The van der Waals surface area contributed by atoms with Crippen LogP contribution in [0.2, 0.25) is 0 Å². The van der Waals surface area contributed by atoms with Crippen LogP contribution in [0.3, 0.4) is 0 Å².